The summed E-state index contributed by atoms with van der Waals surface area (Å²) in [5, 5.41) is 2.94. The lowest BCUT2D eigenvalue weighted by molar-refractivity contribution is -0.123. The van der Waals surface area contributed by atoms with E-state index in [-0.39, 0.29) is 28.1 Å². The Morgan fingerprint density at radius 2 is 1.93 bits per heavy atom. The van der Waals surface area contributed by atoms with Gasteiger partial charge in [0.2, 0.25) is 0 Å². The Morgan fingerprint density at radius 1 is 1.21 bits per heavy atom. The molecule has 1 saturated heterocycles. The molecule has 0 aliphatic carbocycles. The van der Waals surface area contributed by atoms with Gasteiger partial charge in [0.05, 0.1) is 15.9 Å². The van der Waals surface area contributed by atoms with Crippen LogP contribution >= 0.6 is 39.3 Å². The summed E-state index contributed by atoms with van der Waals surface area (Å²) in [6.07, 6.45) is 1.63. The molecule has 142 valence electrons. The largest absolute Gasteiger partial charge is 0.322 e. The van der Waals surface area contributed by atoms with Gasteiger partial charge in [0.1, 0.15) is 0 Å². The van der Waals surface area contributed by atoms with Crippen LogP contribution in [0.1, 0.15) is 11.1 Å². The van der Waals surface area contributed by atoms with Gasteiger partial charge in [-0.1, -0.05) is 42.4 Å². The van der Waals surface area contributed by atoms with Gasteiger partial charge < -0.3 is 5.32 Å². The topological polar surface area (TPSA) is 66.5 Å². The van der Waals surface area contributed by atoms with Crippen LogP contribution in [0.5, 0.6) is 0 Å². The monoisotopic (exact) mass is 476 g/mol. The average molecular weight is 478 g/mol. The third-order valence-electron chi connectivity index (χ3n) is 3.82. The molecule has 1 heterocycles. The normalized spacial score (nSPS) is 15.2. The molecule has 0 aromatic heterocycles. The van der Waals surface area contributed by atoms with Crippen molar-refractivity contribution in [2.45, 2.75) is 6.54 Å². The second-order valence-electron chi connectivity index (χ2n) is 5.88. The molecule has 3 rings (SSSR count). The maximum Gasteiger partial charge on any atom is 0.293 e. The van der Waals surface area contributed by atoms with Gasteiger partial charge in [0, 0.05) is 10.7 Å². The maximum absolute atomic E-state index is 12.6. The molecule has 0 radical (unpaired) electrons. The Bertz CT molecular complexity index is 1000. The second-order valence-corrected chi connectivity index (χ2v) is 8.27. The molecular formula is C20H14BrClN2O3S. The van der Waals surface area contributed by atoms with E-state index in [1.54, 1.807) is 54.6 Å². The fraction of sp³-hybridized carbons (Fsp3) is 0.0500. The zero-order chi connectivity index (χ0) is 20.3. The van der Waals surface area contributed by atoms with Gasteiger partial charge in [-0.3, -0.25) is 19.3 Å². The van der Waals surface area contributed by atoms with Gasteiger partial charge >= 0.3 is 0 Å². The number of nitrogens with one attached hydrogen (secondary N) is 1. The molecule has 0 atom stereocenters. The predicted octanol–water partition coefficient (Wildman–Crippen LogP) is 5.42. The van der Waals surface area contributed by atoms with E-state index in [1.807, 2.05) is 0 Å². The van der Waals surface area contributed by atoms with Gasteiger partial charge in [0.25, 0.3) is 17.1 Å². The summed E-state index contributed by atoms with van der Waals surface area (Å²) in [7, 11) is 0. The molecule has 0 unspecified atom stereocenters. The Hall–Kier alpha value is -2.35. The van der Waals surface area contributed by atoms with Crippen LogP contribution in [0.25, 0.3) is 6.08 Å². The highest BCUT2D eigenvalue weighted by atomic mass is 79.9. The third kappa shape index (κ3) is 4.92. The quantitative estimate of drug-likeness (QED) is 0.584. The number of amides is 3. The first-order valence-corrected chi connectivity index (χ1v) is 10.1. The Balaban J connectivity index is 1.77. The van der Waals surface area contributed by atoms with Crippen molar-refractivity contribution in [2.24, 2.45) is 0 Å². The van der Waals surface area contributed by atoms with E-state index in [0.717, 1.165) is 17.3 Å². The van der Waals surface area contributed by atoms with E-state index in [1.165, 1.54) is 4.90 Å². The van der Waals surface area contributed by atoms with E-state index < -0.39 is 0 Å². The predicted molar refractivity (Wildman–Crippen MR) is 116 cm³/mol. The van der Waals surface area contributed by atoms with Crippen LogP contribution in [0, 0.1) is 0 Å². The minimum Gasteiger partial charge on any atom is -0.322 e. The zero-order valence-electron chi connectivity index (χ0n) is 14.4. The number of nitrogens with zero attached hydrogens (tertiary/aromatic N) is 1. The summed E-state index contributed by atoms with van der Waals surface area (Å²) in [5.74, 6) is -0.714. The molecule has 2 aromatic carbocycles. The first kappa shape index (κ1) is 20.4. The molecule has 0 bridgehead atoms. The maximum atomic E-state index is 12.6. The van der Waals surface area contributed by atoms with Gasteiger partial charge in [-0.25, -0.2) is 0 Å². The molecule has 1 N–H and O–H groups in total. The van der Waals surface area contributed by atoms with Crippen LogP contribution in [-0.4, -0.2) is 22.0 Å². The third-order valence-corrected chi connectivity index (χ3v) is 5.34. The number of rotatable bonds is 5. The highest BCUT2D eigenvalue weighted by Crippen LogP contribution is 2.33. The molecule has 28 heavy (non-hydrogen) atoms. The van der Waals surface area contributed by atoms with E-state index in [4.69, 9.17) is 11.6 Å². The van der Waals surface area contributed by atoms with Crippen molar-refractivity contribution in [1.82, 2.24) is 4.90 Å². The minimum absolute atomic E-state index is 0.183. The summed E-state index contributed by atoms with van der Waals surface area (Å²) in [4.78, 5) is 38.2. The molecule has 0 saturated carbocycles. The molecule has 1 aliphatic heterocycles. The summed E-state index contributed by atoms with van der Waals surface area (Å²) in [5.41, 5.74) is 2.06. The molecule has 5 nitrogen and oxygen atoms in total. The first-order chi connectivity index (χ1) is 13.3. The van der Waals surface area contributed by atoms with Crippen LogP contribution < -0.4 is 5.32 Å². The fourth-order valence-corrected chi connectivity index (χ4v) is 3.53. The van der Waals surface area contributed by atoms with Crippen molar-refractivity contribution in [3.05, 3.63) is 80.6 Å². The van der Waals surface area contributed by atoms with Crippen molar-refractivity contribution in [1.29, 1.82) is 0 Å². The van der Waals surface area contributed by atoms with E-state index in [9.17, 15) is 14.4 Å². The van der Waals surface area contributed by atoms with Crippen LogP contribution in [0.4, 0.5) is 10.5 Å². The van der Waals surface area contributed by atoms with Crippen LogP contribution in [0.3, 0.4) is 0 Å². The summed E-state index contributed by atoms with van der Waals surface area (Å²) >= 11 is 9.78. The highest BCUT2D eigenvalue weighted by molar-refractivity contribution is 9.12. The number of imide groups is 1. The lowest BCUT2D eigenvalue weighted by Gasteiger charge is -2.12. The number of thioether (sulfide) groups is 1. The minimum atomic E-state index is -0.361. The summed E-state index contributed by atoms with van der Waals surface area (Å²) < 4.78 is 0.209. The van der Waals surface area contributed by atoms with E-state index in [0.29, 0.717) is 21.2 Å². The van der Waals surface area contributed by atoms with Gasteiger partial charge in [-0.05, 0) is 69.2 Å². The Morgan fingerprint density at radius 3 is 2.61 bits per heavy atom. The van der Waals surface area contributed by atoms with Gasteiger partial charge in [0.15, 0.2) is 0 Å². The lowest BCUT2D eigenvalue weighted by Crippen LogP contribution is -2.27. The Labute approximate surface area is 179 Å². The number of hydrogen-bond donors (Lipinski definition) is 1. The number of anilines is 1. The number of carbonyl (C=O) groups is 3. The van der Waals surface area contributed by atoms with Crippen molar-refractivity contribution in [2.75, 3.05) is 5.32 Å². The number of benzene rings is 2. The number of hydrogen-bond acceptors (Lipinski definition) is 4. The molecule has 1 aliphatic rings. The van der Waals surface area contributed by atoms with Crippen molar-refractivity contribution in [3.8, 4) is 0 Å². The van der Waals surface area contributed by atoms with Crippen molar-refractivity contribution in [3.63, 3.8) is 0 Å². The van der Waals surface area contributed by atoms with Gasteiger partial charge in [-0.2, -0.15) is 0 Å². The number of halogens is 2. The zero-order valence-corrected chi connectivity index (χ0v) is 17.6. The molecule has 3 amide bonds. The molecule has 1 fully saturated rings. The van der Waals surface area contributed by atoms with Gasteiger partial charge in [-0.15, -0.1) is 0 Å². The second kappa shape index (κ2) is 8.77. The molecule has 0 spiro atoms. The lowest BCUT2D eigenvalue weighted by atomic mass is 10.1. The fourth-order valence-electron chi connectivity index (χ4n) is 2.47. The smallest absolute Gasteiger partial charge is 0.293 e. The average Bonchev–Trinajstić information content (AvgIpc) is 2.91. The first-order valence-electron chi connectivity index (χ1n) is 8.09. The van der Waals surface area contributed by atoms with Crippen LogP contribution in [0.15, 0.2) is 64.5 Å². The van der Waals surface area contributed by atoms with E-state index >= 15 is 0 Å². The standard InChI is InChI=1S/C20H14BrClN2O3S/c1-12(21)18(25)23-16-4-2-3-14(9-16)10-17-19(26)24(20(27)28-17)11-13-5-7-15(22)8-6-13/h2-10H,1,11H2,(H,23,25)/b17-10-. The van der Waals surface area contributed by atoms with Crippen LogP contribution in [-0.2, 0) is 16.1 Å². The molecule has 2 aromatic rings. The number of carbonyl (C=O) groups excluding carboxylic acids is 3. The van der Waals surface area contributed by atoms with Crippen molar-refractivity contribution >= 4 is 68.1 Å². The van der Waals surface area contributed by atoms with Crippen molar-refractivity contribution < 1.29 is 14.4 Å². The van der Waals surface area contributed by atoms with Crippen LogP contribution in [0.2, 0.25) is 5.02 Å². The summed E-state index contributed by atoms with van der Waals surface area (Å²) in [6.45, 7) is 3.70. The highest BCUT2D eigenvalue weighted by Gasteiger charge is 2.34. The summed E-state index contributed by atoms with van der Waals surface area (Å²) in [6, 6.07) is 13.9. The van der Waals surface area contributed by atoms with E-state index in [2.05, 4.69) is 27.8 Å². The SMILES string of the molecule is C=C(Br)C(=O)Nc1cccc(/C=C2\SC(=O)N(Cc3ccc(Cl)cc3)C2=O)c1. The molecule has 8 heteroatoms. The Kier molecular flexibility index (Phi) is 6.39. The molecular weight excluding hydrogens is 464 g/mol.